The smallest absolute Gasteiger partial charge is 0.266 e. The normalized spacial score (nSPS) is 14.4. The third-order valence-electron chi connectivity index (χ3n) is 2.12. The third kappa shape index (κ3) is 1.09. The van der Waals surface area contributed by atoms with Crippen LogP contribution < -0.4 is 4.90 Å². The molecule has 78 valence electrons. The molecule has 0 radical (unpaired) electrons. The second-order valence-corrected chi connectivity index (χ2v) is 3.89. The van der Waals surface area contributed by atoms with Crippen LogP contribution in [0.3, 0.4) is 0 Å². The first-order valence-corrected chi connectivity index (χ1v) is 5.26. The molecule has 1 aliphatic rings. The molecule has 6 nitrogen and oxygen atoms in total. The number of hydrogen-bond donors (Lipinski definition) is 0. The summed E-state index contributed by atoms with van der Waals surface area (Å²) in [4.78, 5) is 36.4. The average Bonchev–Trinajstić information content (AvgIpc) is 2.89. The van der Waals surface area contributed by atoms with Crippen molar-refractivity contribution in [3.8, 4) is 0 Å². The summed E-state index contributed by atoms with van der Waals surface area (Å²) in [6.45, 7) is 0. The molecule has 0 N–H and O–H groups in total. The molecule has 2 aromatic heterocycles. The average molecular weight is 232 g/mol. The Balaban J connectivity index is 2.15. The fourth-order valence-electron chi connectivity index (χ4n) is 1.46. The maximum absolute atomic E-state index is 11.9. The van der Waals surface area contributed by atoms with E-state index in [1.165, 1.54) is 29.9 Å². The third-order valence-corrected chi connectivity index (χ3v) is 2.88. The lowest BCUT2D eigenvalue weighted by atomic mass is 10.3. The highest BCUT2D eigenvalue weighted by Gasteiger charge is 2.40. The Labute approximate surface area is 93.6 Å². The lowest BCUT2D eigenvalue weighted by molar-refractivity contribution is 0.0923. The second-order valence-electron chi connectivity index (χ2n) is 3.01. The van der Waals surface area contributed by atoms with Gasteiger partial charge in [-0.15, -0.1) is 11.3 Å². The maximum atomic E-state index is 11.9. The molecule has 0 aromatic carbocycles. The predicted molar refractivity (Wildman–Crippen MR) is 55.3 cm³/mol. The molecule has 2 amide bonds. The Bertz CT molecular complexity index is 546. The SMILES string of the molecule is O=C1c2nccnc2C(=O)N1c1nccs1. The van der Waals surface area contributed by atoms with E-state index in [0.29, 0.717) is 5.13 Å². The first kappa shape index (κ1) is 9.10. The van der Waals surface area contributed by atoms with Gasteiger partial charge in [-0.1, -0.05) is 0 Å². The van der Waals surface area contributed by atoms with Crippen LogP contribution in [0, 0.1) is 0 Å². The van der Waals surface area contributed by atoms with Gasteiger partial charge in [0, 0.05) is 24.0 Å². The number of fused-ring (bicyclic) bond motifs is 1. The summed E-state index contributed by atoms with van der Waals surface area (Å²) < 4.78 is 0. The lowest BCUT2D eigenvalue weighted by Crippen LogP contribution is -2.29. The van der Waals surface area contributed by atoms with Gasteiger partial charge in [0.2, 0.25) is 0 Å². The number of carbonyl (C=O) groups excluding carboxylic acids is 2. The fourth-order valence-corrected chi connectivity index (χ4v) is 2.09. The van der Waals surface area contributed by atoms with Gasteiger partial charge < -0.3 is 0 Å². The molecule has 16 heavy (non-hydrogen) atoms. The molecular formula is C9H4N4O2S. The van der Waals surface area contributed by atoms with Crippen molar-refractivity contribution >= 4 is 28.3 Å². The summed E-state index contributed by atoms with van der Waals surface area (Å²) in [5, 5.41) is 2.04. The van der Waals surface area contributed by atoms with E-state index in [9.17, 15) is 9.59 Å². The summed E-state index contributed by atoms with van der Waals surface area (Å²) in [7, 11) is 0. The monoisotopic (exact) mass is 232 g/mol. The summed E-state index contributed by atoms with van der Waals surface area (Å²) in [6, 6.07) is 0. The van der Waals surface area contributed by atoms with Crippen molar-refractivity contribution in [2.24, 2.45) is 0 Å². The quantitative estimate of drug-likeness (QED) is 0.677. The van der Waals surface area contributed by atoms with Crippen LogP contribution >= 0.6 is 11.3 Å². The molecule has 0 aliphatic carbocycles. The maximum Gasteiger partial charge on any atom is 0.288 e. The van der Waals surface area contributed by atoms with E-state index in [1.807, 2.05) is 0 Å². The van der Waals surface area contributed by atoms with Gasteiger partial charge in [-0.3, -0.25) is 9.59 Å². The van der Waals surface area contributed by atoms with Crippen molar-refractivity contribution in [1.29, 1.82) is 0 Å². The summed E-state index contributed by atoms with van der Waals surface area (Å²) in [5.74, 6) is -0.939. The molecule has 0 spiro atoms. The first-order valence-electron chi connectivity index (χ1n) is 4.38. The topological polar surface area (TPSA) is 76.1 Å². The Morgan fingerprint density at radius 1 is 0.938 bits per heavy atom. The van der Waals surface area contributed by atoms with Gasteiger partial charge in [0.15, 0.2) is 16.5 Å². The number of carbonyl (C=O) groups is 2. The molecule has 3 rings (SSSR count). The standard InChI is InChI=1S/C9H4N4O2S/c14-7-5-6(11-2-1-10-5)8(15)13(7)9-12-3-4-16-9/h1-4H. The van der Waals surface area contributed by atoms with Crippen LogP contribution in [0.4, 0.5) is 5.13 Å². The van der Waals surface area contributed by atoms with Crippen LogP contribution in [0.2, 0.25) is 0 Å². The zero-order valence-electron chi connectivity index (χ0n) is 7.82. The minimum atomic E-state index is -0.469. The number of nitrogens with zero attached hydrogens (tertiary/aromatic N) is 4. The number of thiazole rings is 1. The van der Waals surface area contributed by atoms with Gasteiger partial charge >= 0.3 is 0 Å². The lowest BCUT2D eigenvalue weighted by Gasteiger charge is -2.07. The Morgan fingerprint density at radius 3 is 2.06 bits per heavy atom. The summed E-state index contributed by atoms with van der Waals surface area (Å²) in [5.41, 5.74) is 0.172. The van der Waals surface area contributed by atoms with E-state index < -0.39 is 11.8 Å². The molecule has 2 aromatic rings. The molecule has 3 heterocycles. The highest BCUT2D eigenvalue weighted by Crippen LogP contribution is 2.26. The highest BCUT2D eigenvalue weighted by molar-refractivity contribution is 7.14. The van der Waals surface area contributed by atoms with E-state index in [-0.39, 0.29) is 11.4 Å². The van der Waals surface area contributed by atoms with E-state index in [1.54, 1.807) is 5.38 Å². The van der Waals surface area contributed by atoms with E-state index >= 15 is 0 Å². The van der Waals surface area contributed by atoms with Gasteiger partial charge in [0.25, 0.3) is 11.8 Å². The van der Waals surface area contributed by atoms with Crippen molar-refractivity contribution in [2.45, 2.75) is 0 Å². The van der Waals surface area contributed by atoms with Gasteiger partial charge in [-0.25, -0.2) is 19.9 Å². The van der Waals surface area contributed by atoms with Crippen LogP contribution in [0.1, 0.15) is 21.0 Å². The van der Waals surface area contributed by atoms with Gasteiger partial charge in [-0.05, 0) is 0 Å². The van der Waals surface area contributed by atoms with E-state index in [0.717, 1.165) is 4.90 Å². The minimum Gasteiger partial charge on any atom is -0.266 e. The predicted octanol–water partition coefficient (Wildman–Crippen LogP) is 0.734. The van der Waals surface area contributed by atoms with Gasteiger partial charge in [0.05, 0.1) is 0 Å². The fraction of sp³-hybridized carbons (Fsp3) is 0. The zero-order valence-corrected chi connectivity index (χ0v) is 8.64. The Morgan fingerprint density at radius 2 is 1.56 bits per heavy atom. The second kappa shape index (κ2) is 3.17. The first-order chi connectivity index (χ1) is 7.79. The van der Waals surface area contributed by atoms with Crippen molar-refractivity contribution in [2.75, 3.05) is 4.90 Å². The molecule has 0 unspecified atom stereocenters. The van der Waals surface area contributed by atoms with Gasteiger partial charge in [0.1, 0.15) is 0 Å². The molecule has 0 saturated heterocycles. The minimum absolute atomic E-state index is 0.0858. The van der Waals surface area contributed by atoms with Crippen molar-refractivity contribution in [3.05, 3.63) is 35.4 Å². The molecule has 0 bridgehead atoms. The molecule has 0 fully saturated rings. The van der Waals surface area contributed by atoms with Gasteiger partial charge in [-0.2, -0.15) is 0 Å². The molecule has 1 aliphatic heterocycles. The van der Waals surface area contributed by atoms with Crippen LogP contribution in [-0.4, -0.2) is 26.8 Å². The Kier molecular flexibility index (Phi) is 1.80. The van der Waals surface area contributed by atoms with E-state index in [4.69, 9.17) is 0 Å². The number of anilines is 1. The number of hydrogen-bond acceptors (Lipinski definition) is 6. The van der Waals surface area contributed by atoms with Crippen molar-refractivity contribution in [1.82, 2.24) is 15.0 Å². The number of imide groups is 1. The summed E-state index contributed by atoms with van der Waals surface area (Å²) >= 11 is 1.22. The molecule has 0 atom stereocenters. The Hall–Kier alpha value is -2.15. The highest BCUT2D eigenvalue weighted by atomic mass is 32.1. The largest absolute Gasteiger partial charge is 0.288 e. The molecular weight excluding hydrogens is 228 g/mol. The number of aromatic nitrogens is 3. The number of rotatable bonds is 1. The number of amides is 2. The van der Waals surface area contributed by atoms with Crippen molar-refractivity contribution < 1.29 is 9.59 Å². The van der Waals surface area contributed by atoms with Crippen LogP contribution in [0.5, 0.6) is 0 Å². The van der Waals surface area contributed by atoms with Crippen molar-refractivity contribution in [3.63, 3.8) is 0 Å². The molecule has 7 heteroatoms. The zero-order chi connectivity index (χ0) is 11.1. The summed E-state index contributed by atoms with van der Waals surface area (Å²) in [6.07, 6.45) is 4.30. The van der Waals surface area contributed by atoms with E-state index in [2.05, 4.69) is 15.0 Å². The van der Waals surface area contributed by atoms with Crippen LogP contribution in [0.25, 0.3) is 0 Å². The van der Waals surface area contributed by atoms with Crippen LogP contribution in [0.15, 0.2) is 24.0 Å². The van der Waals surface area contributed by atoms with Crippen LogP contribution in [-0.2, 0) is 0 Å². The molecule has 0 saturated carbocycles.